The highest BCUT2D eigenvalue weighted by molar-refractivity contribution is 6.05. The van der Waals surface area contributed by atoms with Crippen molar-refractivity contribution >= 4 is 34.9 Å². The second-order valence-corrected chi connectivity index (χ2v) is 14.7. The second kappa shape index (κ2) is 14.1. The Balaban J connectivity index is 0.810. The van der Waals surface area contributed by atoms with Gasteiger partial charge in [0.15, 0.2) is 17.4 Å². The van der Waals surface area contributed by atoms with Crippen molar-refractivity contribution in [1.29, 1.82) is 0 Å². The van der Waals surface area contributed by atoms with Gasteiger partial charge in [-0.15, -0.1) is 10.2 Å². The van der Waals surface area contributed by atoms with Crippen LogP contribution in [-0.4, -0.2) is 110 Å². The summed E-state index contributed by atoms with van der Waals surface area (Å²) in [6, 6.07) is 11.7. The molecule has 5 aliphatic heterocycles. The Hall–Kier alpha value is -5.90. The van der Waals surface area contributed by atoms with E-state index in [9.17, 15) is 23.9 Å². The molecule has 4 aromatic rings. The average Bonchev–Trinajstić information content (AvgIpc) is 3.76. The number of hydrogen-bond acceptors (Lipinski definition) is 13. The fraction of sp³-hybridized carbons (Fsp3) is 0.410. The van der Waals surface area contributed by atoms with Crippen LogP contribution in [0.1, 0.15) is 53.5 Å². The number of halogens is 1. The van der Waals surface area contributed by atoms with E-state index >= 15 is 0 Å². The Bertz CT molecular complexity index is 2200. The predicted octanol–water partition coefficient (Wildman–Crippen LogP) is 2.88. The number of imide groups is 1. The monoisotopic (exact) mass is 748 g/mol. The third kappa shape index (κ3) is 6.53. The standard InChI is InChI=1S/C39H41FN10O5/c1-2-30-38(55-26-14-25-18-41-36-33(49(25)21-26)16-31(45-46-36)27-4-3-5-29(40)35(27)52)42-17-23(43-30)20-47-10-12-48(13-11-47)24-7-6-22-19-50(39(54)28(22)15-24)32-8-9-34(51)44-37(32)53/h3-7,15-17,25-26,32,52H,2,8-14,18-21H2,1H3,(H,41,46)(H,44,51,53). The van der Waals surface area contributed by atoms with Gasteiger partial charge in [0.05, 0.1) is 35.9 Å². The average molecular weight is 749 g/mol. The summed E-state index contributed by atoms with van der Waals surface area (Å²) in [6.07, 6.45) is 3.68. The number of piperazine rings is 1. The van der Waals surface area contributed by atoms with E-state index in [0.717, 1.165) is 60.9 Å². The maximum Gasteiger partial charge on any atom is 0.255 e. The number of para-hydroxylation sites is 1. The lowest BCUT2D eigenvalue weighted by Gasteiger charge is -2.36. The molecule has 3 unspecified atom stereocenters. The first kappa shape index (κ1) is 34.8. The molecular weight excluding hydrogens is 707 g/mol. The maximum atomic E-state index is 14.1. The highest BCUT2D eigenvalue weighted by Gasteiger charge is 2.40. The van der Waals surface area contributed by atoms with Crippen molar-refractivity contribution in [1.82, 2.24) is 35.3 Å². The number of piperidine rings is 1. The number of carbonyl (C=O) groups excluding carboxylic acids is 3. The van der Waals surface area contributed by atoms with E-state index < -0.39 is 23.5 Å². The molecule has 0 aliphatic carbocycles. The molecule has 0 saturated carbocycles. The number of amides is 3. The highest BCUT2D eigenvalue weighted by Crippen LogP contribution is 2.39. The molecule has 2 aromatic heterocycles. The first-order valence-corrected chi connectivity index (χ1v) is 18.8. The minimum absolute atomic E-state index is 0.134. The van der Waals surface area contributed by atoms with Crippen LogP contribution in [0.4, 0.5) is 21.6 Å². The van der Waals surface area contributed by atoms with Crippen molar-refractivity contribution < 1.29 is 28.6 Å². The summed E-state index contributed by atoms with van der Waals surface area (Å²) in [5.74, 6) is -0.851. The van der Waals surface area contributed by atoms with Gasteiger partial charge in [0.2, 0.25) is 17.7 Å². The van der Waals surface area contributed by atoms with E-state index in [-0.39, 0.29) is 35.9 Å². The number of benzene rings is 2. The smallest absolute Gasteiger partial charge is 0.255 e. The molecule has 5 aliphatic rings. The molecule has 9 rings (SSSR count). The minimum Gasteiger partial charge on any atom is -0.504 e. The molecule has 3 fully saturated rings. The van der Waals surface area contributed by atoms with Crippen LogP contribution in [0.25, 0.3) is 11.3 Å². The van der Waals surface area contributed by atoms with E-state index in [0.29, 0.717) is 62.0 Å². The van der Waals surface area contributed by atoms with E-state index in [1.807, 2.05) is 31.2 Å². The zero-order valence-corrected chi connectivity index (χ0v) is 30.4. The molecule has 0 radical (unpaired) electrons. The summed E-state index contributed by atoms with van der Waals surface area (Å²) in [5, 5.41) is 24.6. The van der Waals surface area contributed by atoms with Gasteiger partial charge in [-0.25, -0.2) is 14.4 Å². The predicted molar refractivity (Wildman–Crippen MR) is 199 cm³/mol. The number of phenols is 1. The summed E-state index contributed by atoms with van der Waals surface area (Å²) in [5.41, 5.74) is 5.68. The molecule has 15 nitrogen and oxygen atoms in total. The number of aryl methyl sites for hydroxylation is 1. The van der Waals surface area contributed by atoms with Crippen molar-refractivity contribution in [3.63, 3.8) is 0 Å². The number of phenolic OH excluding ortho intramolecular Hbond substituents is 1. The van der Waals surface area contributed by atoms with Crippen LogP contribution in [-0.2, 0) is 29.1 Å². The molecule has 3 atom stereocenters. The topological polar surface area (TPSA) is 169 Å². The quantitative estimate of drug-likeness (QED) is 0.225. The summed E-state index contributed by atoms with van der Waals surface area (Å²) in [4.78, 5) is 55.6. The first-order valence-electron chi connectivity index (χ1n) is 18.8. The molecule has 3 amide bonds. The van der Waals surface area contributed by atoms with Crippen LogP contribution in [0.5, 0.6) is 11.6 Å². The van der Waals surface area contributed by atoms with Crippen molar-refractivity contribution in [3.8, 4) is 22.9 Å². The lowest BCUT2D eigenvalue weighted by Crippen LogP contribution is -2.52. The van der Waals surface area contributed by atoms with Gasteiger partial charge in [-0.3, -0.25) is 24.6 Å². The van der Waals surface area contributed by atoms with E-state index in [4.69, 9.17) is 14.7 Å². The van der Waals surface area contributed by atoms with Crippen LogP contribution in [0.2, 0.25) is 0 Å². The minimum atomic E-state index is -0.710. The molecular formula is C39H41FN10O5. The van der Waals surface area contributed by atoms with E-state index in [2.05, 4.69) is 35.5 Å². The largest absolute Gasteiger partial charge is 0.504 e. The van der Waals surface area contributed by atoms with Crippen LogP contribution in [0.3, 0.4) is 0 Å². The fourth-order valence-electron chi connectivity index (χ4n) is 8.40. The molecule has 3 N–H and O–H groups in total. The zero-order valence-electron chi connectivity index (χ0n) is 30.4. The Labute approximate surface area is 316 Å². The van der Waals surface area contributed by atoms with Crippen molar-refractivity contribution in [2.45, 2.75) is 63.9 Å². The lowest BCUT2D eigenvalue weighted by atomic mass is 10.0. The first-order chi connectivity index (χ1) is 26.7. The molecule has 55 heavy (non-hydrogen) atoms. The molecule has 2 aromatic carbocycles. The molecule has 0 spiro atoms. The number of rotatable bonds is 8. The Morgan fingerprint density at radius 3 is 2.69 bits per heavy atom. The fourth-order valence-corrected chi connectivity index (χ4v) is 8.40. The van der Waals surface area contributed by atoms with Gasteiger partial charge in [0.1, 0.15) is 17.8 Å². The molecule has 0 bridgehead atoms. The molecule has 7 heterocycles. The summed E-state index contributed by atoms with van der Waals surface area (Å²) in [6.45, 7) is 7.55. The summed E-state index contributed by atoms with van der Waals surface area (Å²) in [7, 11) is 0. The third-order valence-corrected chi connectivity index (χ3v) is 11.3. The lowest BCUT2D eigenvalue weighted by molar-refractivity contribution is -0.136. The van der Waals surface area contributed by atoms with Gasteiger partial charge in [0.25, 0.3) is 5.91 Å². The number of nitrogens with one attached hydrogen (secondary N) is 2. The Morgan fingerprint density at radius 1 is 1.02 bits per heavy atom. The number of aromatic hydroxyl groups is 1. The van der Waals surface area contributed by atoms with Gasteiger partial charge in [-0.1, -0.05) is 19.1 Å². The zero-order chi connectivity index (χ0) is 37.8. The summed E-state index contributed by atoms with van der Waals surface area (Å²) >= 11 is 0. The van der Waals surface area contributed by atoms with Crippen molar-refractivity contribution in [2.75, 3.05) is 54.4 Å². The molecule has 284 valence electrons. The van der Waals surface area contributed by atoms with E-state index in [1.165, 1.54) is 12.1 Å². The van der Waals surface area contributed by atoms with Gasteiger partial charge < -0.3 is 29.9 Å². The number of carbonyl (C=O) groups is 3. The third-order valence-electron chi connectivity index (χ3n) is 11.3. The summed E-state index contributed by atoms with van der Waals surface area (Å²) < 4.78 is 20.6. The van der Waals surface area contributed by atoms with E-state index in [1.54, 1.807) is 17.2 Å². The number of hydrogen-bond donors (Lipinski definition) is 3. The van der Waals surface area contributed by atoms with Gasteiger partial charge in [-0.2, -0.15) is 0 Å². The van der Waals surface area contributed by atoms with Gasteiger partial charge in [-0.05, 0) is 48.7 Å². The Kier molecular flexibility index (Phi) is 8.91. The second-order valence-electron chi connectivity index (χ2n) is 14.7. The van der Waals surface area contributed by atoms with Gasteiger partial charge >= 0.3 is 0 Å². The van der Waals surface area contributed by atoms with Crippen LogP contribution in [0, 0.1) is 5.82 Å². The number of nitrogens with zero attached hydrogens (tertiary/aromatic N) is 8. The number of fused-ring (bicyclic) bond motifs is 4. The Morgan fingerprint density at radius 2 is 1.87 bits per heavy atom. The molecule has 16 heteroatoms. The molecule has 3 saturated heterocycles. The van der Waals surface area contributed by atoms with Crippen molar-refractivity contribution in [3.05, 3.63) is 77.0 Å². The number of aromatic nitrogens is 4. The SMILES string of the molecule is CCc1nc(CN2CCN(c3ccc4c(c3)C(=O)N(C3CCC(=O)NC3=O)C4)CC2)cnc1OC1CC2CNc3nnc(-c4cccc(F)c4O)cc3N2C1. The van der Waals surface area contributed by atoms with Crippen LogP contribution >= 0.6 is 0 Å². The van der Waals surface area contributed by atoms with Crippen LogP contribution < -0.4 is 25.2 Å². The maximum absolute atomic E-state index is 14.1. The highest BCUT2D eigenvalue weighted by atomic mass is 19.1. The van der Waals surface area contributed by atoms with Crippen LogP contribution in [0.15, 0.2) is 48.7 Å². The normalized spacial score (nSPS) is 22.3. The van der Waals surface area contributed by atoms with Crippen molar-refractivity contribution in [2.24, 2.45) is 0 Å². The number of ether oxygens (including phenoxy) is 1. The van der Waals surface area contributed by atoms with Gasteiger partial charge in [0, 0.05) is 75.5 Å². The number of anilines is 3.